The minimum Gasteiger partial charge on any atom is -0.293 e. The lowest BCUT2D eigenvalue weighted by atomic mass is 9.67. The maximum Gasteiger partial charge on any atom is 0.175 e. The fraction of sp³-hybridized carbons (Fsp3) is 0.812. The molecular weight excluding hydrogens is 222 g/mol. The van der Waals surface area contributed by atoms with E-state index in [0.29, 0.717) is 17.7 Å². The van der Waals surface area contributed by atoms with Crippen LogP contribution >= 0.6 is 0 Å². The first-order valence-corrected chi connectivity index (χ1v) is 7.76. The van der Waals surface area contributed by atoms with Gasteiger partial charge in [-0.3, -0.25) is 9.69 Å². The topological polar surface area (TPSA) is 20.3 Å². The Labute approximate surface area is 110 Å². The number of carbonyl (C=O) groups is 1. The maximum atomic E-state index is 12.5. The van der Waals surface area contributed by atoms with E-state index in [-0.39, 0.29) is 5.54 Å². The largest absolute Gasteiger partial charge is 0.293 e. The number of carbonyl (C=O) groups excluding carboxylic acids is 1. The Morgan fingerprint density at radius 2 is 2.33 bits per heavy atom. The first kappa shape index (κ1) is 12.4. The lowest BCUT2D eigenvalue weighted by molar-refractivity contribution is -0.134. The van der Waals surface area contributed by atoms with E-state index in [9.17, 15) is 4.79 Å². The lowest BCUT2D eigenvalue weighted by Gasteiger charge is -2.52. The predicted octanol–water partition coefficient (Wildman–Crippen LogP) is 3.32. The van der Waals surface area contributed by atoms with Crippen LogP contribution in [0.25, 0.3) is 0 Å². The summed E-state index contributed by atoms with van der Waals surface area (Å²) >= 11 is 0. The van der Waals surface area contributed by atoms with Gasteiger partial charge >= 0.3 is 0 Å². The van der Waals surface area contributed by atoms with Gasteiger partial charge in [0.2, 0.25) is 0 Å². The molecule has 1 spiro atoms. The quantitative estimate of drug-likeness (QED) is 0.762. The fourth-order valence-corrected chi connectivity index (χ4v) is 4.60. The standard InChI is InChI=1S/C16H25NO/c1-2-3-7-14-10-9-13-6-4-8-15(18)16(13)11-5-12-17(14)16/h4,8,13-14H,2-3,5-7,9-12H2,1H3/t13-,14+,16-/m0/s1. The van der Waals surface area contributed by atoms with Crippen molar-refractivity contribution >= 4 is 5.78 Å². The van der Waals surface area contributed by atoms with E-state index in [1.165, 1.54) is 38.5 Å². The van der Waals surface area contributed by atoms with Gasteiger partial charge in [-0.25, -0.2) is 0 Å². The highest BCUT2D eigenvalue weighted by Gasteiger charge is 2.56. The number of hydrogen-bond donors (Lipinski definition) is 0. The molecular formula is C16H25NO. The van der Waals surface area contributed by atoms with Gasteiger partial charge < -0.3 is 0 Å². The Hall–Kier alpha value is -0.630. The Bertz CT molecular complexity index is 362. The van der Waals surface area contributed by atoms with Crippen molar-refractivity contribution < 1.29 is 4.79 Å². The summed E-state index contributed by atoms with van der Waals surface area (Å²) < 4.78 is 0. The molecule has 0 N–H and O–H groups in total. The van der Waals surface area contributed by atoms with E-state index in [0.717, 1.165) is 19.4 Å². The predicted molar refractivity (Wildman–Crippen MR) is 73.5 cm³/mol. The molecule has 1 aliphatic carbocycles. The van der Waals surface area contributed by atoms with Gasteiger partial charge in [-0.05, 0) is 57.1 Å². The van der Waals surface area contributed by atoms with Crippen LogP contribution < -0.4 is 0 Å². The molecule has 100 valence electrons. The van der Waals surface area contributed by atoms with Crippen LogP contribution in [-0.2, 0) is 4.79 Å². The van der Waals surface area contributed by atoms with Crippen molar-refractivity contribution in [2.45, 2.75) is 69.9 Å². The van der Waals surface area contributed by atoms with Gasteiger partial charge in [0.25, 0.3) is 0 Å². The summed E-state index contributed by atoms with van der Waals surface area (Å²) in [6, 6.07) is 0.680. The number of rotatable bonds is 3. The summed E-state index contributed by atoms with van der Waals surface area (Å²) in [5.41, 5.74) is -0.0780. The summed E-state index contributed by atoms with van der Waals surface area (Å²) in [7, 11) is 0. The van der Waals surface area contributed by atoms with E-state index in [2.05, 4.69) is 17.9 Å². The molecule has 2 heterocycles. The Balaban J connectivity index is 1.87. The first-order valence-electron chi connectivity index (χ1n) is 7.76. The van der Waals surface area contributed by atoms with Gasteiger partial charge in [0.05, 0.1) is 5.54 Å². The smallest absolute Gasteiger partial charge is 0.175 e. The molecule has 18 heavy (non-hydrogen) atoms. The van der Waals surface area contributed by atoms with Gasteiger partial charge in [0.15, 0.2) is 5.78 Å². The van der Waals surface area contributed by atoms with Crippen LogP contribution in [0.3, 0.4) is 0 Å². The lowest BCUT2D eigenvalue weighted by Crippen LogP contribution is -2.62. The van der Waals surface area contributed by atoms with E-state index in [1.54, 1.807) is 0 Å². The third kappa shape index (κ3) is 1.69. The number of allylic oxidation sites excluding steroid dienone is 1. The monoisotopic (exact) mass is 247 g/mol. The molecule has 0 saturated carbocycles. The minimum atomic E-state index is -0.0780. The van der Waals surface area contributed by atoms with Gasteiger partial charge in [0, 0.05) is 6.04 Å². The van der Waals surface area contributed by atoms with Crippen molar-refractivity contribution in [1.82, 2.24) is 4.90 Å². The maximum absolute atomic E-state index is 12.5. The highest BCUT2D eigenvalue weighted by atomic mass is 16.1. The van der Waals surface area contributed by atoms with E-state index in [4.69, 9.17) is 0 Å². The van der Waals surface area contributed by atoms with Crippen LogP contribution in [-0.4, -0.2) is 28.8 Å². The number of ketones is 1. The van der Waals surface area contributed by atoms with Crippen molar-refractivity contribution in [3.8, 4) is 0 Å². The van der Waals surface area contributed by atoms with Gasteiger partial charge in [-0.15, -0.1) is 0 Å². The zero-order valence-electron chi connectivity index (χ0n) is 11.5. The average molecular weight is 247 g/mol. The molecule has 3 atom stereocenters. The molecule has 0 aromatic heterocycles. The summed E-state index contributed by atoms with van der Waals surface area (Å²) in [6.07, 6.45) is 13.9. The van der Waals surface area contributed by atoms with E-state index < -0.39 is 0 Å². The fourth-order valence-electron chi connectivity index (χ4n) is 4.60. The number of piperidine rings is 1. The highest BCUT2D eigenvalue weighted by molar-refractivity contribution is 5.99. The van der Waals surface area contributed by atoms with Crippen molar-refractivity contribution in [2.75, 3.05) is 6.54 Å². The highest BCUT2D eigenvalue weighted by Crippen LogP contribution is 2.49. The number of nitrogens with zero attached hydrogens (tertiary/aromatic N) is 1. The zero-order valence-corrected chi connectivity index (χ0v) is 11.5. The summed E-state index contributed by atoms with van der Waals surface area (Å²) in [5.74, 6) is 1.02. The Morgan fingerprint density at radius 3 is 3.17 bits per heavy atom. The van der Waals surface area contributed by atoms with Crippen LogP contribution in [0, 0.1) is 5.92 Å². The summed E-state index contributed by atoms with van der Waals surface area (Å²) in [4.78, 5) is 15.1. The first-order chi connectivity index (χ1) is 8.79. The van der Waals surface area contributed by atoms with Crippen molar-refractivity contribution in [2.24, 2.45) is 5.92 Å². The van der Waals surface area contributed by atoms with E-state index >= 15 is 0 Å². The molecule has 2 fully saturated rings. The normalized spacial score (nSPS) is 39.7. The molecule has 2 aliphatic heterocycles. The summed E-state index contributed by atoms with van der Waals surface area (Å²) in [5, 5.41) is 0. The Kier molecular flexibility index (Phi) is 3.31. The molecule has 0 bridgehead atoms. The van der Waals surface area contributed by atoms with Gasteiger partial charge in [-0.2, -0.15) is 0 Å². The van der Waals surface area contributed by atoms with Crippen LogP contribution in [0.5, 0.6) is 0 Å². The van der Waals surface area contributed by atoms with Crippen LogP contribution in [0.15, 0.2) is 12.2 Å². The zero-order chi connectivity index (χ0) is 12.6. The van der Waals surface area contributed by atoms with Crippen LogP contribution in [0.4, 0.5) is 0 Å². The second kappa shape index (κ2) is 4.80. The molecule has 3 rings (SSSR count). The molecule has 2 heteroatoms. The molecule has 0 aromatic rings. The van der Waals surface area contributed by atoms with Crippen LogP contribution in [0.2, 0.25) is 0 Å². The number of hydrogen-bond acceptors (Lipinski definition) is 2. The third-order valence-corrected chi connectivity index (χ3v) is 5.44. The second-order valence-corrected chi connectivity index (χ2v) is 6.29. The molecule has 0 aromatic carbocycles. The third-order valence-electron chi connectivity index (χ3n) is 5.44. The second-order valence-electron chi connectivity index (χ2n) is 6.29. The van der Waals surface area contributed by atoms with Gasteiger partial charge in [0.1, 0.15) is 0 Å². The van der Waals surface area contributed by atoms with Crippen molar-refractivity contribution in [1.29, 1.82) is 0 Å². The molecule has 2 nitrogen and oxygen atoms in total. The average Bonchev–Trinajstić information content (AvgIpc) is 2.82. The molecule has 0 radical (unpaired) electrons. The van der Waals surface area contributed by atoms with Crippen molar-refractivity contribution in [3.63, 3.8) is 0 Å². The van der Waals surface area contributed by atoms with E-state index in [1.807, 2.05) is 6.08 Å². The summed E-state index contributed by atoms with van der Waals surface area (Å²) in [6.45, 7) is 3.42. The van der Waals surface area contributed by atoms with Crippen molar-refractivity contribution in [3.05, 3.63) is 12.2 Å². The number of unbranched alkanes of at least 4 members (excludes halogenated alkanes) is 1. The van der Waals surface area contributed by atoms with Crippen LogP contribution in [0.1, 0.15) is 58.3 Å². The minimum absolute atomic E-state index is 0.0780. The van der Waals surface area contributed by atoms with Gasteiger partial charge in [-0.1, -0.05) is 25.8 Å². The molecule has 3 aliphatic rings. The SMILES string of the molecule is CCCC[C@@H]1CC[C@@H]2CC=CC(=O)[C@]23CCCN13. The molecule has 0 unspecified atom stereocenters. The molecule has 0 amide bonds. The molecule has 2 saturated heterocycles. The Morgan fingerprint density at radius 1 is 1.44 bits per heavy atom.